The van der Waals surface area contributed by atoms with Gasteiger partial charge in [-0.15, -0.1) is 0 Å². The molecule has 7 heteroatoms. The Balaban J connectivity index is 1.77. The largest absolute Gasteiger partial charge is 0.380 e. The predicted octanol–water partition coefficient (Wildman–Crippen LogP) is 2.84. The topological polar surface area (TPSA) is 78.5 Å². The van der Waals surface area contributed by atoms with Gasteiger partial charge in [-0.25, -0.2) is 4.79 Å². The lowest BCUT2D eigenvalue weighted by molar-refractivity contribution is 0.602. The molecule has 110 valence electrons. The maximum absolute atomic E-state index is 11.3. The van der Waals surface area contributed by atoms with Crippen LogP contribution in [0, 0.1) is 0 Å². The normalized spacial score (nSPS) is 11.1. The molecule has 0 bridgehead atoms. The Morgan fingerprint density at radius 2 is 2.10 bits per heavy atom. The third-order valence-corrected chi connectivity index (χ3v) is 3.88. The fourth-order valence-corrected chi connectivity index (χ4v) is 2.72. The highest BCUT2D eigenvalue weighted by molar-refractivity contribution is 9.10. The maximum atomic E-state index is 11.3. The van der Waals surface area contributed by atoms with Gasteiger partial charge in [0.1, 0.15) is 0 Å². The molecular formula is C14H16BrN5O. The van der Waals surface area contributed by atoms with Crippen molar-refractivity contribution < 1.29 is 0 Å². The van der Waals surface area contributed by atoms with E-state index in [0.29, 0.717) is 6.54 Å². The minimum atomic E-state index is -0.199. The van der Waals surface area contributed by atoms with Gasteiger partial charge in [-0.3, -0.25) is 4.68 Å². The van der Waals surface area contributed by atoms with Crippen molar-refractivity contribution in [1.29, 1.82) is 0 Å². The molecule has 0 amide bonds. The van der Waals surface area contributed by atoms with Crippen molar-refractivity contribution in [2.45, 2.75) is 26.4 Å². The van der Waals surface area contributed by atoms with Gasteiger partial charge in [-0.05, 0) is 34.5 Å². The zero-order chi connectivity index (χ0) is 14.8. The monoisotopic (exact) mass is 349 g/mol. The van der Waals surface area contributed by atoms with Crippen molar-refractivity contribution in [3.05, 3.63) is 45.0 Å². The molecule has 0 saturated heterocycles. The Morgan fingerprint density at radius 1 is 1.33 bits per heavy atom. The quantitative estimate of drug-likeness (QED) is 0.662. The molecule has 1 aromatic carbocycles. The van der Waals surface area contributed by atoms with E-state index in [1.54, 1.807) is 0 Å². The van der Waals surface area contributed by atoms with Gasteiger partial charge in [-0.1, -0.05) is 6.92 Å². The summed E-state index contributed by atoms with van der Waals surface area (Å²) in [7, 11) is 0. The first kappa shape index (κ1) is 13.9. The van der Waals surface area contributed by atoms with Gasteiger partial charge in [0.25, 0.3) is 0 Å². The van der Waals surface area contributed by atoms with Crippen LogP contribution in [-0.4, -0.2) is 19.7 Å². The molecular weight excluding hydrogens is 334 g/mol. The van der Waals surface area contributed by atoms with Crippen LogP contribution in [-0.2, 0) is 13.1 Å². The molecule has 0 aliphatic rings. The molecule has 3 rings (SSSR count). The van der Waals surface area contributed by atoms with Gasteiger partial charge < -0.3 is 15.3 Å². The number of nitrogens with zero attached hydrogens (tertiary/aromatic N) is 2. The Labute approximate surface area is 129 Å². The third kappa shape index (κ3) is 3.02. The van der Waals surface area contributed by atoms with E-state index in [2.05, 4.69) is 43.2 Å². The second kappa shape index (κ2) is 5.77. The van der Waals surface area contributed by atoms with Crippen molar-refractivity contribution in [1.82, 2.24) is 19.7 Å². The van der Waals surface area contributed by atoms with Crippen LogP contribution in [0.1, 0.15) is 18.9 Å². The summed E-state index contributed by atoms with van der Waals surface area (Å²) < 4.78 is 2.85. The van der Waals surface area contributed by atoms with Crippen LogP contribution in [0.25, 0.3) is 11.0 Å². The first-order valence-electron chi connectivity index (χ1n) is 6.82. The van der Waals surface area contributed by atoms with Gasteiger partial charge >= 0.3 is 5.69 Å². The standard InChI is InChI=1S/C14H16BrN5O/c1-2-3-20-8-9(7-17-20)6-16-11-5-13-12(4-10(11)15)18-14(21)19-13/h4-5,7-8,16H,2-3,6H2,1H3,(H2,18,19,21). The number of fused-ring (bicyclic) bond motifs is 1. The molecule has 0 fully saturated rings. The zero-order valence-corrected chi connectivity index (χ0v) is 13.2. The van der Waals surface area contributed by atoms with Gasteiger partial charge in [0.2, 0.25) is 0 Å². The second-order valence-corrected chi connectivity index (χ2v) is 5.78. The van der Waals surface area contributed by atoms with Gasteiger partial charge in [0, 0.05) is 29.3 Å². The Kier molecular flexibility index (Phi) is 3.83. The van der Waals surface area contributed by atoms with Crippen LogP contribution in [0.15, 0.2) is 33.8 Å². The Morgan fingerprint density at radius 3 is 2.86 bits per heavy atom. The summed E-state index contributed by atoms with van der Waals surface area (Å²) in [5.41, 5.74) is 3.43. The lowest BCUT2D eigenvalue weighted by Crippen LogP contribution is -2.00. The van der Waals surface area contributed by atoms with Crippen LogP contribution in [0.3, 0.4) is 0 Å². The summed E-state index contributed by atoms with van der Waals surface area (Å²) in [6.45, 7) is 3.74. The van der Waals surface area contributed by atoms with E-state index in [9.17, 15) is 4.79 Å². The minimum Gasteiger partial charge on any atom is -0.380 e. The number of nitrogens with one attached hydrogen (secondary N) is 3. The summed E-state index contributed by atoms with van der Waals surface area (Å²) in [6.07, 6.45) is 4.98. The number of benzene rings is 1. The third-order valence-electron chi connectivity index (χ3n) is 3.23. The lowest BCUT2D eigenvalue weighted by Gasteiger charge is -2.07. The summed E-state index contributed by atoms with van der Waals surface area (Å²) in [4.78, 5) is 16.8. The summed E-state index contributed by atoms with van der Waals surface area (Å²) in [6, 6.07) is 3.80. The van der Waals surface area contributed by atoms with Crippen molar-refractivity contribution in [2.75, 3.05) is 5.32 Å². The average Bonchev–Trinajstić information content (AvgIpc) is 3.02. The highest BCUT2D eigenvalue weighted by atomic mass is 79.9. The molecule has 0 saturated carbocycles. The first-order chi connectivity index (χ1) is 10.2. The van der Waals surface area contributed by atoms with Crippen molar-refractivity contribution >= 4 is 32.7 Å². The molecule has 21 heavy (non-hydrogen) atoms. The molecule has 2 aromatic heterocycles. The van der Waals surface area contributed by atoms with Crippen molar-refractivity contribution in [3.8, 4) is 0 Å². The summed E-state index contributed by atoms with van der Waals surface area (Å²) in [5, 5.41) is 7.66. The van der Waals surface area contributed by atoms with Gasteiger partial charge in [-0.2, -0.15) is 5.10 Å². The van der Waals surface area contributed by atoms with E-state index >= 15 is 0 Å². The number of anilines is 1. The molecule has 0 radical (unpaired) electrons. The van der Waals surface area contributed by atoms with E-state index in [1.807, 2.05) is 29.2 Å². The van der Waals surface area contributed by atoms with E-state index in [-0.39, 0.29) is 5.69 Å². The van der Waals surface area contributed by atoms with E-state index in [1.165, 1.54) is 0 Å². The smallest absolute Gasteiger partial charge is 0.323 e. The average molecular weight is 350 g/mol. The van der Waals surface area contributed by atoms with Crippen LogP contribution in [0.4, 0.5) is 5.69 Å². The molecule has 2 heterocycles. The van der Waals surface area contributed by atoms with Gasteiger partial charge in [0.05, 0.1) is 22.9 Å². The Hall–Kier alpha value is -2.02. The molecule has 0 unspecified atom stereocenters. The van der Waals surface area contributed by atoms with Crippen molar-refractivity contribution in [3.63, 3.8) is 0 Å². The molecule has 0 spiro atoms. The Bertz CT molecular complexity index is 816. The molecule has 0 aliphatic heterocycles. The molecule has 6 nitrogen and oxygen atoms in total. The number of aromatic amines is 2. The molecule has 3 N–H and O–H groups in total. The number of halogens is 1. The minimum absolute atomic E-state index is 0.199. The maximum Gasteiger partial charge on any atom is 0.323 e. The zero-order valence-electron chi connectivity index (χ0n) is 11.6. The van der Waals surface area contributed by atoms with Gasteiger partial charge in [0.15, 0.2) is 0 Å². The summed E-state index contributed by atoms with van der Waals surface area (Å²) in [5.74, 6) is 0. The first-order valence-corrected chi connectivity index (χ1v) is 7.61. The number of rotatable bonds is 5. The number of H-pyrrole nitrogens is 2. The number of aromatic nitrogens is 4. The SMILES string of the molecule is CCCn1cc(CNc2cc3[nH]c(=O)[nH]c3cc2Br)cn1. The highest BCUT2D eigenvalue weighted by Crippen LogP contribution is 2.26. The predicted molar refractivity (Wildman–Crippen MR) is 86.5 cm³/mol. The van der Waals surface area contributed by atoms with E-state index in [4.69, 9.17) is 0 Å². The highest BCUT2D eigenvalue weighted by Gasteiger charge is 2.06. The number of aryl methyl sites for hydroxylation is 1. The van der Waals surface area contributed by atoms with Crippen LogP contribution >= 0.6 is 15.9 Å². The lowest BCUT2D eigenvalue weighted by atomic mass is 10.2. The molecule has 3 aromatic rings. The number of imidazole rings is 1. The fourth-order valence-electron chi connectivity index (χ4n) is 2.24. The van der Waals surface area contributed by atoms with Crippen LogP contribution < -0.4 is 11.0 Å². The van der Waals surface area contributed by atoms with Crippen molar-refractivity contribution in [2.24, 2.45) is 0 Å². The fraction of sp³-hybridized carbons (Fsp3) is 0.286. The van der Waals surface area contributed by atoms with Crippen LogP contribution in [0.5, 0.6) is 0 Å². The number of hydrogen-bond acceptors (Lipinski definition) is 3. The van der Waals surface area contributed by atoms with Crippen LogP contribution in [0.2, 0.25) is 0 Å². The molecule has 0 atom stereocenters. The number of hydrogen-bond donors (Lipinski definition) is 3. The van der Waals surface area contributed by atoms with E-state index in [0.717, 1.165) is 39.7 Å². The summed E-state index contributed by atoms with van der Waals surface area (Å²) >= 11 is 3.51. The van der Waals surface area contributed by atoms with E-state index < -0.39 is 0 Å². The molecule has 0 aliphatic carbocycles. The second-order valence-electron chi connectivity index (χ2n) is 4.92.